The fourth-order valence-electron chi connectivity index (χ4n) is 2.48. The minimum Gasteiger partial charge on any atom is -0.508 e. The van der Waals surface area contributed by atoms with Crippen molar-refractivity contribution in [1.82, 2.24) is 4.90 Å². The van der Waals surface area contributed by atoms with Crippen LogP contribution in [-0.2, 0) is 9.59 Å². The van der Waals surface area contributed by atoms with Gasteiger partial charge in [0.2, 0.25) is 0 Å². The Hall–Kier alpha value is -2.04. The number of phenolic OH excluding ortho intramolecular Hbond substituents is 1. The molecule has 2 amide bonds. The summed E-state index contributed by atoms with van der Waals surface area (Å²) in [4.78, 5) is 25.7. The topological polar surface area (TPSA) is 69.6 Å². The number of anilines is 1. The molecule has 5 heteroatoms. The van der Waals surface area contributed by atoms with Gasteiger partial charge in [-0.05, 0) is 49.4 Å². The van der Waals surface area contributed by atoms with Crippen molar-refractivity contribution >= 4 is 17.5 Å². The van der Waals surface area contributed by atoms with Gasteiger partial charge in [-0.3, -0.25) is 9.59 Å². The first kappa shape index (κ1) is 14.4. The van der Waals surface area contributed by atoms with Crippen molar-refractivity contribution in [3.63, 3.8) is 0 Å². The summed E-state index contributed by atoms with van der Waals surface area (Å²) in [6.45, 7) is 5.14. The van der Waals surface area contributed by atoms with Crippen LogP contribution in [0.1, 0.15) is 25.3 Å². The third-order valence-corrected chi connectivity index (χ3v) is 3.60. The molecule has 0 bridgehead atoms. The molecular weight excluding hydrogens is 256 g/mol. The van der Waals surface area contributed by atoms with E-state index in [0.29, 0.717) is 24.7 Å². The molecule has 1 aliphatic rings. The predicted octanol–water partition coefficient (Wildman–Crippen LogP) is 1.90. The minimum absolute atomic E-state index is 0.136. The molecule has 5 nitrogen and oxygen atoms in total. The minimum atomic E-state index is -0.618. The fraction of sp³-hybridized carbons (Fsp3) is 0.467. The van der Waals surface area contributed by atoms with Gasteiger partial charge in [0.1, 0.15) is 5.75 Å². The number of hydrogen-bond acceptors (Lipinski definition) is 3. The van der Waals surface area contributed by atoms with E-state index in [2.05, 4.69) is 12.2 Å². The normalized spacial score (nSPS) is 18.7. The summed E-state index contributed by atoms with van der Waals surface area (Å²) in [5.74, 6) is -0.524. The van der Waals surface area contributed by atoms with Crippen LogP contribution < -0.4 is 5.32 Å². The molecule has 108 valence electrons. The van der Waals surface area contributed by atoms with Crippen molar-refractivity contribution in [2.45, 2.75) is 26.7 Å². The van der Waals surface area contributed by atoms with Gasteiger partial charge in [0.05, 0.1) is 0 Å². The molecule has 1 fully saturated rings. The van der Waals surface area contributed by atoms with E-state index in [1.807, 2.05) is 0 Å². The Morgan fingerprint density at radius 3 is 2.80 bits per heavy atom. The SMILES string of the molecule is Cc1cc(O)ccc1NC(=O)C(=O)N1CCCC(C)C1. The highest BCUT2D eigenvalue weighted by Gasteiger charge is 2.26. The van der Waals surface area contributed by atoms with Crippen LogP contribution in [0.5, 0.6) is 5.75 Å². The zero-order chi connectivity index (χ0) is 14.7. The van der Waals surface area contributed by atoms with Crippen LogP contribution in [0.2, 0.25) is 0 Å². The molecule has 2 N–H and O–H groups in total. The molecule has 20 heavy (non-hydrogen) atoms. The maximum atomic E-state index is 12.1. The second-order valence-electron chi connectivity index (χ2n) is 5.45. The number of aryl methyl sites for hydroxylation is 1. The summed E-state index contributed by atoms with van der Waals surface area (Å²) in [6.07, 6.45) is 2.04. The molecule has 1 unspecified atom stereocenters. The highest BCUT2D eigenvalue weighted by molar-refractivity contribution is 6.39. The van der Waals surface area contributed by atoms with Crippen LogP contribution in [0.3, 0.4) is 0 Å². The summed E-state index contributed by atoms with van der Waals surface area (Å²) >= 11 is 0. The number of carbonyl (C=O) groups excluding carboxylic acids is 2. The van der Waals surface area contributed by atoms with Gasteiger partial charge in [-0.25, -0.2) is 0 Å². The average molecular weight is 276 g/mol. The summed E-state index contributed by atoms with van der Waals surface area (Å²) in [5.41, 5.74) is 1.27. The van der Waals surface area contributed by atoms with Crippen molar-refractivity contribution in [2.24, 2.45) is 5.92 Å². The van der Waals surface area contributed by atoms with E-state index in [4.69, 9.17) is 0 Å². The number of piperidine rings is 1. The van der Waals surface area contributed by atoms with Gasteiger partial charge in [-0.1, -0.05) is 6.92 Å². The largest absolute Gasteiger partial charge is 0.508 e. The highest BCUT2D eigenvalue weighted by Crippen LogP contribution is 2.20. The lowest BCUT2D eigenvalue weighted by molar-refractivity contribution is -0.144. The van der Waals surface area contributed by atoms with Crippen LogP contribution in [0, 0.1) is 12.8 Å². The number of benzene rings is 1. The second-order valence-corrected chi connectivity index (χ2v) is 5.45. The molecule has 1 aliphatic heterocycles. The second kappa shape index (κ2) is 5.94. The van der Waals surface area contributed by atoms with Gasteiger partial charge in [0.25, 0.3) is 0 Å². The molecule has 0 aliphatic carbocycles. The maximum absolute atomic E-state index is 12.1. The number of nitrogens with one attached hydrogen (secondary N) is 1. The lowest BCUT2D eigenvalue weighted by Gasteiger charge is -2.30. The number of aromatic hydroxyl groups is 1. The lowest BCUT2D eigenvalue weighted by Crippen LogP contribution is -2.44. The number of phenols is 1. The Morgan fingerprint density at radius 1 is 1.40 bits per heavy atom. The van der Waals surface area contributed by atoms with Crippen LogP contribution in [-0.4, -0.2) is 34.9 Å². The van der Waals surface area contributed by atoms with E-state index in [-0.39, 0.29) is 5.75 Å². The molecule has 1 heterocycles. The van der Waals surface area contributed by atoms with E-state index in [1.54, 1.807) is 24.0 Å². The average Bonchev–Trinajstić information content (AvgIpc) is 2.41. The molecule has 0 aromatic heterocycles. The number of hydrogen-bond donors (Lipinski definition) is 2. The van der Waals surface area contributed by atoms with Gasteiger partial charge >= 0.3 is 11.8 Å². The Morgan fingerprint density at radius 2 is 2.15 bits per heavy atom. The molecule has 0 saturated carbocycles. The Kier molecular flexibility index (Phi) is 4.27. The van der Waals surface area contributed by atoms with E-state index in [1.165, 1.54) is 6.07 Å². The molecule has 1 aromatic rings. The zero-order valence-electron chi connectivity index (χ0n) is 11.8. The molecular formula is C15H20N2O3. The van der Waals surface area contributed by atoms with Gasteiger partial charge < -0.3 is 15.3 Å². The van der Waals surface area contributed by atoms with Crippen molar-refractivity contribution in [3.05, 3.63) is 23.8 Å². The maximum Gasteiger partial charge on any atom is 0.313 e. The zero-order valence-corrected chi connectivity index (χ0v) is 11.8. The number of likely N-dealkylation sites (tertiary alicyclic amines) is 1. The van der Waals surface area contributed by atoms with Crippen molar-refractivity contribution in [2.75, 3.05) is 18.4 Å². The van der Waals surface area contributed by atoms with Crippen LogP contribution in [0.4, 0.5) is 5.69 Å². The lowest BCUT2D eigenvalue weighted by atomic mass is 10.0. The Labute approximate surface area is 118 Å². The molecule has 0 radical (unpaired) electrons. The van der Waals surface area contributed by atoms with Gasteiger partial charge in [-0.2, -0.15) is 0 Å². The van der Waals surface area contributed by atoms with Crippen LogP contribution in [0.25, 0.3) is 0 Å². The van der Waals surface area contributed by atoms with E-state index in [9.17, 15) is 14.7 Å². The Balaban J connectivity index is 2.02. The van der Waals surface area contributed by atoms with Crippen molar-refractivity contribution < 1.29 is 14.7 Å². The quantitative estimate of drug-likeness (QED) is 0.608. The van der Waals surface area contributed by atoms with Crippen molar-refractivity contribution in [3.8, 4) is 5.75 Å². The summed E-state index contributed by atoms with van der Waals surface area (Å²) in [6, 6.07) is 4.62. The number of carbonyl (C=O) groups is 2. The first-order valence-corrected chi connectivity index (χ1v) is 6.87. The molecule has 2 rings (SSSR count). The highest BCUT2D eigenvalue weighted by atomic mass is 16.3. The molecule has 1 aromatic carbocycles. The smallest absolute Gasteiger partial charge is 0.313 e. The van der Waals surface area contributed by atoms with Gasteiger partial charge in [0.15, 0.2) is 0 Å². The molecule has 1 atom stereocenters. The summed E-state index contributed by atoms with van der Waals surface area (Å²) in [5, 5.41) is 11.9. The van der Waals surface area contributed by atoms with E-state index < -0.39 is 11.8 Å². The first-order valence-electron chi connectivity index (χ1n) is 6.87. The van der Waals surface area contributed by atoms with Crippen molar-refractivity contribution in [1.29, 1.82) is 0 Å². The van der Waals surface area contributed by atoms with E-state index >= 15 is 0 Å². The van der Waals surface area contributed by atoms with Crippen LogP contribution in [0.15, 0.2) is 18.2 Å². The third kappa shape index (κ3) is 3.29. The Bertz CT molecular complexity index is 528. The van der Waals surface area contributed by atoms with E-state index in [0.717, 1.165) is 18.4 Å². The fourth-order valence-corrected chi connectivity index (χ4v) is 2.48. The molecule has 1 saturated heterocycles. The monoisotopic (exact) mass is 276 g/mol. The summed E-state index contributed by atoms with van der Waals surface area (Å²) in [7, 11) is 0. The number of amides is 2. The number of rotatable bonds is 1. The van der Waals surface area contributed by atoms with Gasteiger partial charge in [0, 0.05) is 18.8 Å². The predicted molar refractivity (Wildman–Crippen MR) is 76.5 cm³/mol. The number of nitrogens with zero attached hydrogens (tertiary/aromatic N) is 1. The van der Waals surface area contributed by atoms with Gasteiger partial charge in [-0.15, -0.1) is 0 Å². The van der Waals surface area contributed by atoms with Crippen LogP contribution >= 0.6 is 0 Å². The standard InChI is InChI=1S/C15H20N2O3/c1-10-4-3-7-17(9-10)15(20)14(19)16-13-6-5-12(18)8-11(13)2/h5-6,8,10,18H,3-4,7,9H2,1-2H3,(H,16,19). The first-order chi connectivity index (χ1) is 9.47. The third-order valence-electron chi connectivity index (χ3n) is 3.60. The molecule has 0 spiro atoms. The summed E-state index contributed by atoms with van der Waals surface area (Å²) < 4.78 is 0.